The van der Waals surface area contributed by atoms with Crippen LogP contribution in [-0.2, 0) is 0 Å². The molecule has 3 heterocycles. The molecule has 3 heteroatoms. The van der Waals surface area contributed by atoms with Gasteiger partial charge in [-0.25, -0.2) is 0 Å². The summed E-state index contributed by atoms with van der Waals surface area (Å²) >= 11 is 0. The fourth-order valence-corrected chi connectivity index (χ4v) is 4.74. The van der Waals surface area contributed by atoms with Crippen molar-refractivity contribution in [3.8, 4) is 0 Å². The van der Waals surface area contributed by atoms with Gasteiger partial charge in [-0.1, -0.05) is 18.2 Å². The first-order valence-electron chi connectivity index (χ1n) is 9.52. The predicted octanol–water partition coefficient (Wildman–Crippen LogP) is 4.30. The highest BCUT2D eigenvalue weighted by atomic mass is 15.2. The molecule has 24 heavy (non-hydrogen) atoms. The Kier molecular flexibility index (Phi) is 4.21. The number of rotatable bonds is 2. The fourth-order valence-electron chi connectivity index (χ4n) is 4.74. The van der Waals surface area contributed by atoms with Gasteiger partial charge in [-0.05, 0) is 64.6 Å². The van der Waals surface area contributed by atoms with Crippen LogP contribution in [0.5, 0.6) is 0 Å². The summed E-state index contributed by atoms with van der Waals surface area (Å²) in [5, 5.41) is 1.31. The Hall–Kier alpha value is -1.61. The smallest absolute Gasteiger partial charge is 0.0726 e. The molecule has 1 aromatic heterocycles. The minimum Gasteiger partial charge on any atom is -0.371 e. The van der Waals surface area contributed by atoms with E-state index in [1.54, 1.807) is 0 Å². The highest BCUT2D eigenvalue weighted by Gasteiger charge is 2.31. The number of fused-ring (bicyclic) bond motifs is 1. The summed E-state index contributed by atoms with van der Waals surface area (Å²) in [5.41, 5.74) is 5.07. The highest BCUT2D eigenvalue weighted by molar-refractivity contribution is 5.93. The van der Waals surface area contributed by atoms with Crippen LogP contribution in [0.15, 0.2) is 24.3 Å². The lowest BCUT2D eigenvalue weighted by molar-refractivity contribution is 0.163. The molecule has 2 aliphatic heterocycles. The summed E-state index contributed by atoms with van der Waals surface area (Å²) in [7, 11) is 0. The van der Waals surface area contributed by atoms with Crippen LogP contribution in [0.25, 0.3) is 10.9 Å². The maximum atomic E-state index is 4.78. The van der Waals surface area contributed by atoms with Gasteiger partial charge in [-0.3, -0.25) is 9.88 Å². The lowest BCUT2D eigenvalue weighted by atomic mass is 9.99. The second-order valence-electron chi connectivity index (χ2n) is 7.64. The van der Waals surface area contributed by atoms with E-state index in [1.807, 2.05) is 0 Å². The summed E-state index contributed by atoms with van der Waals surface area (Å²) in [4.78, 5) is 10.2. The van der Waals surface area contributed by atoms with Gasteiger partial charge in [0.05, 0.1) is 11.2 Å². The Morgan fingerprint density at radius 1 is 1.00 bits per heavy atom. The van der Waals surface area contributed by atoms with Crippen molar-refractivity contribution in [1.82, 2.24) is 9.88 Å². The zero-order valence-electron chi connectivity index (χ0n) is 15.3. The minimum atomic E-state index is 0.785. The third kappa shape index (κ3) is 2.69. The summed E-state index contributed by atoms with van der Waals surface area (Å²) in [5.74, 6) is 0. The fraction of sp³-hybridized carbons (Fsp3) is 0.571. The molecule has 0 radical (unpaired) electrons. The Bertz CT molecular complexity index is 731. The first-order chi connectivity index (χ1) is 11.6. The summed E-state index contributed by atoms with van der Waals surface area (Å²) in [6.45, 7) is 10.4. The number of pyridine rings is 1. The van der Waals surface area contributed by atoms with Crippen molar-refractivity contribution in [1.29, 1.82) is 0 Å². The van der Waals surface area contributed by atoms with E-state index in [1.165, 1.54) is 67.6 Å². The topological polar surface area (TPSA) is 19.4 Å². The van der Waals surface area contributed by atoms with Crippen LogP contribution in [0.1, 0.15) is 43.9 Å². The predicted molar refractivity (Wildman–Crippen MR) is 102 cm³/mol. The van der Waals surface area contributed by atoms with Gasteiger partial charge in [-0.15, -0.1) is 0 Å². The average molecular weight is 323 g/mol. The van der Waals surface area contributed by atoms with Crippen molar-refractivity contribution >= 4 is 16.6 Å². The van der Waals surface area contributed by atoms with E-state index >= 15 is 0 Å². The zero-order chi connectivity index (χ0) is 16.7. The molecule has 0 spiro atoms. The van der Waals surface area contributed by atoms with Gasteiger partial charge in [0.1, 0.15) is 0 Å². The van der Waals surface area contributed by atoms with E-state index in [9.17, 15) is 0 Å². The molecule has 2 aliphatic rings. The number of nitrogens with zero attached hydrogens (tertiary/aromatic N) is 3. The standard InChI is InChI=1S/C21H29N3/c1-15-7-6-12-24(15)18-10-13-23(14-11-18)21-16(2)17(3)22-20-9-5-4-8-19(20)21/h4-5,8-9,15,18H,6-7,10-14H2,1-3H3. The Balaban J connectivity index is 1.60. The molecule has 1 aromatic carbocycles. The first-order valence-corrected chi connectivity index (χ1v) is 9.52. The van der Waals surface area contributed by atoms with E-state index in [0.717, 1.165) is 17.6 Å². The van der Waals surface area contributed by atoms with Crippen molar-refractivity contribution in [2.75, 3.05) is 24.5 Å². The lowest BCUT2D eigenvalue weighted by Gasteiger charge is -2.40. The molecule has 4 rings (SSSR count). The van der Waals surface area contributed by atoms with E-state index in [2.05, 4.69) is 54.8 Å². The van der Waals surface area contributed by atoms with Crippen molar-refractivity contribution in [3.63, 3.8) is 0 Å². The number of para-hydroxylation sites is 1. The second-order valence-corrected chi connectivity index (χ2v) is 7.64. The molecular formula is C21H29N3. The minimum absolute atomic E-state index is 0.785. The third-order valence-corrected chi connectivity index (χ3v) is 6.20. The molecular weight excluding hydrogens is 294 g/mol. The van der Waals surface area contributed by atoms with E-state index < -0.39 is 0 Å². The molecule has 0 saturated carbocycles. The van der Waals surface area contributed by atoms with Gasteiger partial charge in [0, 0.05) is 36.3 Å². The van der Waals surface area contributed by atoms with E-state index in [-0.39, 0.29) is 0 Å². The SMILES string of the molecule is Cc1nc2ccccc2c(N2CCC(N3CCCC3C)CC2)c1C. The molecule has 2 saturated heterocycles. The molecule has 1 atom stereocenters. The largest absolute Gasteiger partial charge is 0.371 e. The van der Waals surface area contributed by atoms with Gasteiger partial charge in [0.25, 0.3) is 0 Å². The van der Waals surface area contributed by atoms with E-state index in [0.29, 0.717) is 0 Å². The number of hydrogen-bond acceptors (Lipinski definition) is 3. The van der Waals surface area contributed by atoms with Crippen molar-refractivity contribution in [3.05, 3.63) is 35.5 Å². The van der Waals surface area contributed by atoms with Crippen molar-refractivity contribution in [2.24, 2.45) is 0 Å². The molecule has 0 aliphatic carbocycles. The zero-order valence-corrected chi connectivity index (χ0v) is 15.3. The van der Waals surface area contributed by atoms with Gasteiger partial charge in [0.15, 0.2) is 0 Å². The molecule has 1 unspecified atom stereocenters. The van der Waals surface area contributed by atoms with Crippen LogP contribution in [0.4, 0.5) is 5.69 Å². The Morgan fingerprint density at radius 3 is 2.46 bits per heavy atom. The number of aromatic nitrogens is 1. The van der Waals surface area contributed by atoms with Gasteiger partial charge < -0.3 is 4.90 Å². The first kappa shape index (κ1) is 15.9. The molecule has 0 bridgehead atoms. The number of piperidine rings is 1. The van der Waals surface area contributed by atoms with Crippen LogP contribution in [0.2, 0.25) is 0 Å². The summed E-state index contributed by atoms with van der Waals surface area (Å²) in [6, 6.07) is 10.2. The highest BCUT2D eigenvalue weighted by Crippen LogP contribution is 2.34. The number of benzene rings is 1. The van der Waals surface area contributed by atoms with Gasteiger partial charge in [0.2, 0.25) is 0 Å². The number of likely N-dealkylation sites (tertiary alicyclic amines) is 1. The summed E-state index contributed by atoms with van der Waals surface area (Å²) < 4.78 is 0. The maximum absolute atomic E-state index is 4.78. The molecule has 0 amide bonds. The second kappa shape index (κ2) is 6.36. The van der Waals surface area contributed by atoms with Crippen LogP contribution in [0, 0.1) is 13.8 Å². The summed E-state index contributed by atoms with van der Waals surface area (Å²) in [6.07, 6.45) is 5.35. The van der Waals surface area contributed by atoms with Gasteiger partial charge in [-0.2, -0.15) is 0 Å². The molecule has 2 aromatic rings. The average Bonchev–Trinajstić information content (AvgIpc) is 3.02. The normalized spacial score (nSPS) is 23.3. The van der Waals surface area contributed by atoms with Crippen LogP contribution in [0.3, 0.4) is 0 Å². The monoisotopic (exact) mass is 323 g/mol. The van der Waals surface area contributed by atoms with Crippen molar-refractivity contribution < 1.29 is 0 Å². The Morgan fingerprint density at radius 2 is 1.75 bits per heavy atom. The molecule has 2 fully saturated rings. The van der Waals surface area contributed by atoms with Crippen molar-refractivity contribution in [2.45, 2.75) is 58.5 Å². The third-order valence-electron chi connectivity index (χ3n) is 6.20. The molecule has 128 valence electrons. The number of hydrogen-bond donors (Lipinski definition) is 0. The lowest BCUT2D eigenvalue weighted by Crippen LogP contribution is -2.46. The number of aryl methyl sites for hydroxylation is 1. The van der Waals surface area contributed by atoms with Gasteiger partial charge >= 0.3 is 0 Å². The number of anilines is 1. The molecule has 3 nitrogen and oxygen atoms in total. The van der Waals surface area contributed by atoms with Crippen LogP contribution in [-0.4, -0.2) is 41.6 Å². The van der Waals surface area contributed by atoms with Crippen LogP contribution >= 0.6 is 0 Å². The Labute approximate surface area is 145 Å². The maximum Gasteiger partial charge on any atom is 0.0726 e. The van der Waals surface area contributed by atoms with Crippen LogP contribution < -0.4 is 4.90 Å². The quantitative estimate of drug-likeness (QED) is 0.821. The molecule has 0 N–H and O–H groups in total. The van der Waals surface area contributed by atoms with E-state index in [4.69, 9.17) is 4.98 Å².